The first-order valence-electron chi connectivity index (χ1n) is 8.12. The van der Waals surface area contributed by atoms with Gasteiger partial charge in [0.15, 0.2) is 0 Å². The van der Waals surface area contributed by atoms with Crippen LogP contribution in [0.3, 0.4) is 0 Å². The van der Waals surface area contributed by atoms with E-state index in [1.807, 2.05) is 54.6 Å². The summed E-state index contributed by atoms with van der Waals surface area (Å²) in [5.74, 6) is 1.89. The predicted molar refractivity (Wildman–Crippen MR) is 102 cm³/mol. The Balaban J connectivity index is 2.26. The maximum atomic E-state index is 9.65. The monoisotopic (exact) mass is 345 g/mol. The van der Waals surface area contributed by atoms with Gasteiger partial charge in [-0.2, -0.15) is 5.26 Å². The Kier molecular flexibility index (Phi) is 5.04. The minimum absolute atomic E-state index is 0.509. The Hall–Kier alpha value is -3.52. The molecule has 2 aromatic carbocycles. The third-order valence-corrected chi connectivity index (χ3v) is 4.14. The number of hydrogen-bond donors (Lipinski definition) is 1. The molecule has 0 unspecified atom stereocenters. The third kappa shape index (κ3) is 3.17. The summed E-state index contributed by atoms with van der Waals surface area (Å²) in [6.45, 7) is 0. The molecule has 5 heteroatoms. The molecule has 0 radical (unpaired) electrons. The summed E-state index contributed by atoms with van der Waals surface area (Å²) in [6, 6.07) is 19.6. The number of rotatable bonds is 5. The zero-order valence-corrected chi connectivity index (χ0v) is 14.9. The number of anilines is 1. The molecule has 130 valence electrons. The van der Waals surface area contributed by atoms with Crippen molar-refractivity contribution in [1.29, 1.82) is 5.26 Å². The van der Waals surface area contributed by atoms with Crippen molar-refractivity contribution in [3.63, 3.8) is 0 Å². The number of hydrogen-bond acceptors (Lipinski definition) is 5. The molecule has 0 fully saturated rings. The Labute approximate surface area is 152 Å². The van der Waals surface area contributed by atoms with Crippen LogP contribution in [0.4, 0.5) is 5.82 Å². The van der Waals surface area contributed by atoms with Crippen LogP contribution in [0.25, 0.3) is 22.4 Å². The minimum Gasteiger partial charge on any atom is -0.497 e. The lowest BCUT2D eigenvalue weighted by Gasteiger charge is -2.14. The molecule has 3 rings (SSSR count). The predicted octanol–water partition coefficient (Wildman–Crippen LogP) is 4.35. The van der Waals surface area contributed by atoms with E-state index in [4.69, 9.17) is 9.47 Å². The highest BCUT2D eigenvalue weighted by Gasteiger charge is 2.17. The van der Waals surface area contributed by atoms with Gasteiger partial charge in [-0.05, 0) is 23.8 Å². The molecule has 1 N–H and O–H groups in total. The van der Waals surface area contributed by atoms with Crippen LogP contribution in [-0.2, 0) is 0 Å². The molecular weight excluding hydrogens is 326 g/mol. The summed E-state index contributed by atoms with van der Waals surface area (Å²) in [5.41, 5.74) is 3.82. The van der Waals surface area contributed by atoms with E-state index in [2.05, 4.69) is 16.4 Å². The Morgan fingerprint density at radius 2 is 1.73 bits per heavy atom. The van der Waals surface area contributed by atoms with Gasteiger partial charge in [-0.3, -0.25) is 0 Å². The van der Waals surface area contributed by atoms with Crippen LogP contribution in [0.15, 0.2) is 54.6 Å². The van der Waals surface area contributed by atoms with Crippen LogP contribution in [0.2, 0.25) is 0 Å². The third-order valence-electron chi connectivity index (χ3n) is 4.14. The van der Waals surface area contributed by atoms with Crippen molar-refractivity contribution in [3.8, 4) is 40.0 Å². The molecule has 0 aliphatic carbocycles. The first kappa shape index (κ1) is 17.3. The maximum Gasteiger partial charge on any atom is 0.145 e. The molecule has 26 heavy (non-hydrogen) atoms. The fourth-order valence-corrected chi connectivity index (χ4v) is 2.83. The Morgan fingerprint density at radius 3 is 2.35 bits per heavy atom. The number of ether oxygens (including phenoxy) is 2. The van der Waals surface area contributed by atoms with E-state index in [1.54, 1.807) is 21.3 Å². The summed E-state index contributed by atoms with van der Waals surface area (Å²) in [6.07, 6.45) is 0. The Bertz CT molecular complexity index is 963. The standard InChI is InChI=1S/C21H19N3O2/c1-23-21-18(13-22)17(14-7-5-4-6-8-14)12-19(24-21)16-10-9-15(25-2)11-20(16)26-3/h4-12H,1-3H3,(H,23,24). The first-order chi connectivity index (χ1) is 12.7. The van der Waals surface area contributed by atoms with Gasteiger partial charge in [-0.1, -0.05) is 30.3 Å². The lowest BCUT2D eigenvalue weighted by atomic mass is 9.98. The number of nitriles is 1. The zero-order chi connectivity index (χ0) is 18.5. The van der Waals surface area contributed by atoms with Gasteiger partial charge in [0, 0.05) is 24.2 Å². The number of nitrogens with one attached hydrogen (secondary N) is 1. The van der Waals surface area contributed by atoms with Crippen LogP contribution in [0.1, 0.15) is 5.56 Å². The molecule has 0 bridgehead atoms. The average molecular weight is 345 g/mol. The van der Waals surface area contributed by atoms with Crippen LogP contribution in [0.5, 0.6) is 11.5 Å². The molecule has 0 aliphatic rings. The fourth-order valence-electron chi connectivity index (χ4n) is 2.83. The van der Waals surface area contributed by atoms with Gasteiger partial charge in [0.25, 0.3) is 0 Å². The molecule has 1 heterocycles. The second-order valence-corrected chi connectivity index (χ2v) is 5.57. The van der Waals surface area contributed by atoms with Crippen LogP contribution in [-0.4, -0.2) is 26.3 Å². The van der Waals surface area contributed by atoms with Crippen molar-refractivity contribution in [2.24, 2.45) is 0 Å². The molecule has 5 nitrogen and oxygen atoms in total. The van der Waals surface area contributed by atoms with E-state index in [1.165, 1.54) is 0 Å². The molecule has 1 aromatic heterocycles. The molecule has 0 aliphatic heterocycles. The van der Waals surface area contributed by atoms with Crippen molar-refractivity contribution in [2.45, 2.75) is 0 Å². The van der Waals surface area contributed by atoms with Gasteiger partial charge >= 0.3 is 0 Å². The minimum atomic E-state index is 0.509. The van der Waals surface area contributed by atoms with E-state index in [0.29, 0.717) is 28.6 Å². The summed E-state index contributed by atoms with van der Waals surface area (Å²) in [7, 11) is 4.98. The number of methoxy groups -OCH3 is 2. The first-order valence-corrected chi connectivity index (χ1v) is 8.12. The van der Waals surface area contributed by atoms with Crippen molar-refractivity contribution < 1.29 is 9.47 Å². The van der Waals surface area contributed by atoms with Gasteiger partial charge < -0.3 is 14.8 Å². The maximum absolute atomic E-state index is 9.65. The van der Waals surface area contributed by atoms with Crippen molar-refractivity contribution >= 4 is 5.82 Å². The largest absolute Gasteiger partial charge is 0.497 e. The SMILES string of the molecule is CNc1nc(-c2ccc(OC)cc2OC)cc(-c2ccccc2)c1C#N. The number of pyridine rings is 1. The molecule has 0 amide bonds. The molecule has 3 aromatic rings. The van der Waals surface area contributed by atoms with Crippen LogP contribution in [0, 0.1) is 11.3 Å². The molecule has 0 atom stereocenters. The van der Waals surface area contributed by atoms with E-state index in [0.717, 1.165) is 16.7 Å². The molecule has 0 spiro atoms. The smallest absolute Gasteiger partial charge is 0.145 e. The summed E-state index contributed by atoms with van der Waals surface area (Å²) in [5, 5.41) is 12.7. The van der Waals surface area contributed by atoms with E-state index >= 15 is 0 Å². The topological polar surface area (TPSA) is 67.2 Å². The highest BCUT2D eigenvalue weighted by molar-refractivity contribution is 5.82. The normalized spacial score (nSPS) is 10.1. The quantitative estimate of drug-likeness (QED) is 0.745. The highest BCUT2D eigenvalue weighted by Crippen LogP contribution is 2.37. The molecule has 0 saturated heterocycles. The number of benzene rings is 2. The van der Waals surface area contributed by atoms with E-state index in [-0.39, 0.29) is 0 Å². The lowest BCUT2D eigenvalue weighted by Crippen LogP contribution is -2.01. The van der Waals surface area contributed by atoms with Crippen molar-refractivity contribution in [3.05, 3.63) is 60.2 Å². The number of aromatic nitrogens is 1. The van der Waals surface area contributed by atoms with Crippen molar-refractivity contribution in [2.75, 3.05) is 26.6 Å². The van der Waals surface area contributed by atoms with Crippen LogP contribution < -0.4 is 14.8 Å². The van der Waals surface area contributed by atoms with Gasteiger partial charge in [-0.25, -0.2) is 4.98 Å². The van der Waals surface area contributed by atoms with E-state index in [9.17, 15) is 5.26 Å². The van der Waals surface area contributed by atoms with E-state index < -0.39 is 0 Å². The van der Waals surface area contributed by atoms with Crippen LogP contribution >= 0.6 is 0 Å². The molecular formula is C21H19N3O2. The summed E-state index contributed by atoms with van der Waals surface area (Å²) >= 11 is 0. The molecule has 0 saturated carbocycles. The average Bonchev–Trinajstić information content (AvgIpc) is 2.72. The van der Waals surface area contributed by atoms with Crippen molar-refractivity contribution in [1.82, 2.24) is 4.98 Å². The van der Waals surface area contributed by atoms with Gasteiger partial charge in [-0.15, -0.1) is 0 Å². The second kappa shape index (κ2) is 7.58. The fraction of sp³-hybridized carbons (Fsp3) is 0.143. The van der Waals surface area contributed by atoms with Gasteiger partial charge in [0.05, 0.1) is 19.9 Å². The highest BCUT2D eigenvalue weighted by atomic mass is 16.5. The zero-order valence-electron chi connectivity index (χ0n) is 14.9. The van der Waals surface area contributed by atoms with Gasteiger partial charge in [0.1, 0.15) is 28.9 Å². The number of nitrogens with zero attached hydrogens (tertiary/aromatic N) is 2. The second-order valence-electron chi connectivity index (χ2n) is 5.57. The van der Waals surface area contributed by atoms with Gasteiger partial charge in [0.2, 0.25) is 0 Å². The summed E-state index contributed by atoms with van der Waals surface area (Å²) < 4.78 is 10.8. The summed E-state index contributed by atoms with van der Waals surface area (Å²) in [4.78, 5) is 4.63. The lowest BCUT2D eigenvalue weighted by molar-refractivity contribution is 0.395. The Morgan fingerprint density at radius 1 is 0.962 bits per heavy atom.